The monoisotopic (exact) mass is 496 g/mol. The maximum absolute atomic E-state index is 13.4. The Hall–Kier alpha value is -2.05. The van der Waals surface area contributed by atoms with E-state index in [1.807, 2.05) is 24.2 Å². The number of hydrogen-bond acceptors (Lipinski definition) is 7. The second-order valence-corrected chi connectivity index (χ2v) is 8.87. The van der Waals surface area contributed by atoms with Gasteiger partial charge in [0, 0.05) is 37.2 Å². The van der Waals surface area contributed by atoms with Crippen LogP contribution in [-0.4, -0.2) is 63.9 Å². The number of aliphatic hydroxyl groups excluding tert-OH is 1. The average molecular weight is 497 g/mol. The van der Waals surface area contributed by atoms with E-state index in [9.17, 15) is 18.7 Å². The fraction of sp³-hybridized carbons (Fsp3) is 0.500. The van der Waals surface area contributed by atoms with E-state index in [2.05, 4.69) is 29.4 Å². The smallest absolute Gasteiger partial charge is 0.541 e. The van der Waals surface area contributed by atoms with Gasteiger partial charge in [0.25, 0.3) is 5.92 Å². The van der Waals surface area contributed by atoms with Crippen molar-refractivity contribution in [1.29, 1.82) is 0 Å². The number of likely N-dealkylation sites (tertiary alicyclic amines) is 1. The van der Waals surface area contributed by atoms with Crippen molar-refractivity contribution in [3.05, 3.63) is 49.2 Å². The molecule has 1 aliphatic heterocycles. The molecule has 0 bridgehead atoms. The first-order valence-corrected chi connectivity index (χ1v) is 11.7. The molecule has 0 radical (unpaired) electrons. The number of hydrogen-bond donors (Lipinski definition) is 3. The number of anilines is 1. The van der Waals surface area contributed by atoms with Crippen molar-refractivity contribution < 1.29 is 42.6 Å². The quantitative estimate of drug-likeness (QED) is 0.356. The van der Waals surface area contributed by atoms with Gasteiger partial charge in [0.2, 0.25) is 0 Å². The summed E-state index contributed by atoms with van der Waals surface area (Å²) in [5.41, 5.74) is 1.30. The minimum absolute atomic E-state index is 0. The van der Waals surface area contributed by atoms with Gasteiger partial charge >= 0.3 is 18.9 Å². The summed E-state index contributed by atoms with van der Waals surface area (Å²) in [4.78, 5) is 12.6. The summed E-state index contributed by atoms with van der Waals surface area (Å²) >= 11 is 0. The van der Waals surface area contributed by atoms with Gasteiger partial charge in [0.15, 0.2) is 0 Å². The van der Waals surface area contributed by atoms with E-state index in [4.69, 9.17) is 5.11 Å². The molecule has 2 aromatic rings. The van der Waals surface area contributed by atoms with Gasteiger partial charge in [-0.1, -0.05) is 18.5 Å². The predicted molar refractivity (Wildman–Crippen MR) is 133 cm³/mol. The van der Waals surface area contributed by atoms with E-state index in [-0.39, 0.29) is 42.8 Å². The Morgan fingerprint density at radius 3 is 2.47 bits per heavy atom. The van der Waals surface area contributed by atoms with Gasteiger partial charge in [0.05, 0.1) is 5.69 Å². The van der Waals surface area contributed by atoms with Crippen LogP contribution in [0.1, 0.15) is 43.7 Å². The summed E-state index contributed by atoms with van der Waals surface area (Å²) in [5.74, 6) is -2.37. The third-order valence-corrected chi connectivity index (χ3v) is 5.96. The maximum atomic E-state index is 13.4. The summed E-state index contributed by atoms with van der Waals surface area (Å²) in [5, 5.41) is 30.3. The summed E-state index contributed by atoms with van der Waals surface area (Å²) < 4.78 is 26.9. The third kappa shape index (κ3) is 9.43. The van der Waals surface area contributed by atoms with Crippen molar-refractivity contribution in [3.8, 4) is 17.0 Å². The Morgan fingerprint density at radius 1 is 1.28 bits per heavy atom. The second kappa shape index (κ2) is 15.3. The zero-order chi connectivity index (χ0) is 26.0. The van der Waals surface area contributed by atoms with Gasteiger partial charge < -0.3 is 39.1 Å². The first kappa shape index (κ1) is 32.0. The standard InChI is InChI=1S/C20H23F2N4O2.C6H12O.Li/c1-13-10-18(23-15-4-3-7-26(12-15)8-9-27)24-25-19(13)16-6-5-14(11-17(16)28)20(2,21)22;1-3-6(4-2)5-7;/h5-6,10-11,15,28H,3-4,7-8,12H2,1-2H3,(H,23,24);6-7H,1-5H2;/q-1;-2;+1/t15-;;/m1../s1. The zero-order valence-corrected chi connectivity index (χ0v) is 21.4. The van der Waals surface area contributed by atoms with E-state index < -0.39 is 5.92 Å². The largest absolute Gasteiger partial charge is 1.00 e. The average Bonchev–Trinajstić information content (AvgIpc) is 2.81. The van der Waals surface area contributed by atoms with Crippen LogP contribution in [0, 0.1) is 26.7 Å². The number of alkyl halides is 2. The first-order valence-electron chi connectivity index (χ1n) is 11.7. The molecule has 1 saturated heterocycles. The molecule has 7 nitrogen and oxygen atoms in total. The van der Waals surface area contributed by atoms with Gasteiger partial charge in [0.1, 0.15) is 11.6 Å². The van der Waals surface area contributed by atoms with E-state index in [1.165, 1.54) is 12.1 Å². The summed E-state index contributed by atoms with van der Waals surface area (Å²) in [6.45, 7) is 12.0. The van der Waals surface area contributed by atoms with Crippen LogP contribution < -0.4 is 24.2 Å². The molecule has 3 N–H and O–H groups in total. The summed E-state index contributed by atoms with van der Waals surface area (Å²) in [7, 11) is 0. The van der Waals surface area contributed by atoms with Crippen LogP contribution in [0.25, 0.3) is 11.3 Å². The number of aromatic hydroxyl groups is 1. The van der Waals surface area contributed by atoms with Gasteiger partial charge in [-0.2, -0.15) is 12.8 Å². The zero-order valence-electron chi connectivity index (χ0n) is 21.4. The van der Waals surface area contributed by atoms with Crippen molar-refractivity contribution in [3.63, 3.8) is 0 Å². The molecular weight excluding hydrogens is 461 g/mol. The van der Waals surface area contributed by atoms with E-state index >= 15 is 0 Å². The van der Waals surface area contributed by atoms with Crippen LogP contribution in [0.2, 0.25) is 0 Å². The van der Waals surface area contributed by atoms with Crippen molar-refractivity contribution >= 4 is 12.1 Å². The summed E-state index contributed by atoms with van der Waals surface area (Å²) in [6.07, 6.45) is 5.45. The molecule has 1 aromatic carbocycles. The van der Waals surface area contributed by atoms with Crippen LogP contribution in [0.4, 0.5) is 14.6 Å². The second-order valence-electron chi connectivity index (χ2n) is 8.87. The van der Waals surface area contributed by atoms with Gasteiger partial charge in [-0.3, -0.25) is 0 Å². The van der Waals surface area contributed by atoms with E-state index in [0.717, 1.165) is 57.3 Å². The number of nitrogens with zero attached hydrogens (tertiary/aromatic N) is 3. The molecule has 1 atom stereocenters. The number of aliphatic hydroxyl groups is 1. The third-order valence-electron chi connectivity index (χ3n) is 5.96. The molecule has 194 valence electrons. The maximum Gasteiger partial charge on any atom is 1.00 e. The first-order chi connectivity index (χ1) is 16.6. The SMILES string of the molecule is Cc1cc(N[C@@H]2CCCN(C[C-]=O)C2)nnc1-c1ccc(C(C)(F)F)cc1O.[CH2-]CC(C[CH2-])CO.[Li+]. The fourth-order valence-corrected chi connectivity index (χ4v) is 3.77. The molecular formula is C26H35F2LiN4O3-2. The number of phenolic OH excluding ortho intramolecular Hbond substituents is 1. The van der Waals surface area contributed by atoms with Crippen molar-refractivity contribution in [2.24, 2.45) is 5.92 Å². The van der Waals surface area contributed by atoms with Crippen molar-refractivity contribution in [2.45, 2.75) is 51.5 Å². The molecule has 1 fully saturated rings. The summed E-state index contributed by atoms with van der Waals surface area (Å²) in [6, 6.07) is 5.74. The van der Waals surface area contributed by atoms with Gasteiger partial charge in [-0.05, 0) is 50.1 Å². The molecule has 1 aromatic heterocycles. The Kier molecular flexibility index (Phi) is 13.6. The Balaban J connectivity index is 0.000000712. The van der Waals surface area contributed by atoms with Crippen LogP contribution in [0.5, 0.6) is 5.75 Å². The van der Waals surface area contributed by atoms with Crippen LogP contribution in [-0.2, 0) is 10.7 Å². The molecule has 1 aliphatic rings. The van der Waals surface area contributed by atoms with Gasteiger partial charge in [-0.15, -0.1) is 10.2 Å². The Labute approximate surface area is 224 Å². The molecule has 0 spiro atoms. The molecule has 10 heteroatoms. The number of nitrogens with one attached hydrogen (secondary N) is 1. The van der Waals surface area contributed by atoms with Crippen molar-refractivity contribution in [1.82, 2.24) is 15.1 Å². The number of aryl methyl sites for hydroxylation is 1. The molecule has 0 saturated carbocycles. The predicted octanol–water partition coefficient (Wildman–Crippen LogP) is 1.30. The number of rotatable bonds is 9. The van der Waals surface area contributed by atoms with Crippen LogP contribution >= 0.6 is 0 Å². The fourth-order valence-electron chi connectivity index (χ4n) is 3.77. The van der Waals surface area contributed by atoms with Gasteiger partial charge in [-0.25, -0.2) is 15.1 Å². The molecule has 36 heavy (non-hydrogen) atoms. The molecule has 0 amide bonds. The Morgan fingerprint density at radius 2 is 1.97 bits per heavy atom. The number of halogens is 2. The number of aromatic nitrogens is 2. The minimum atomic E-state index is -3.03. The minimum Gasteiger partial charge on any atom is -0.541 e. The van der Waals surface area contributed by atoms with Crippen LogP contribution in [0.15, 0.2) is 24.3 Å². The number of piperidine rings is 1. The number of phenols is 1. The van der Waals surface area contributed by atoms with E-state index in [0.29, 0.717) is 29.5 Å². The molecule has 0 unspecified atom stereocenters. The molecule has 2 heterocycles. The van der Waals surface area contributed by atoms with Crippen molar-refractivity contribution in [2.75, 3.05) is 31.6 Å². The molecule has 0 aliphatic carbocycles. The Bertz CT molecular complexity index is 950. The number of benzene rings is 1. The topological polar surface area (TPSA) is 98.6 Å². The number of carbonyl (C=O) groups excluding carboxylic acids is 1. The molecule has 3 rings (SSSR count). The van der Waals surface area contributed by atoms with Crippen LogP contribution in [0.3, 0.4) is 0 Å². The van der Waals surface area contributed by atoms with E-state index in [1.54, 1.807) is 0 Å². The normalized spacial score (nSPS) is 16.1.